The first kappa shape index (κ1) is 19.8. The van der Waals surface area contributed by atoms with Crippen LogP contribution in [0, 0.1) is 0 Å². The van der Waals surface area contributed by atoms with Crippen molar-refractivity contribution in [3.63, 3.8) is 0 Å². The summed E-state index contributed by atoms with van der Waals surface area (Å²) in [7, 11) is 1.76. The number of rotatable bonds is 8. The number of hydrogen-bond donors (Lipinski definition) is 3. The summed E-state index contributed by atoms with van der Waals surface area (Å²) in [5, 5.41) is 9.39. The standard InChI is InChI=1S/C20H26N4OS/c1-3-22-19(25)17-11-9-16(10-12-17)15-24-20(21-2)23-13-14-26-18-7-5-4-6-8-18/h4-12H,3,13-15H2,1-2H3,(H,22,25)(H2,21,23,24). The molecule has 0 spiro atoms. The van der Waals surface area contributed by atoms with E-state index in [4.69, 9.17) is 0 Å². The van der Waals surface area contributed by atoms with Gasteiger partial charge >= 0.3 is 0 Å². The highest BCUT2D eigenvalue weighted by atomic mass is 32.2. The van der Waals surface area contributed by atoms with Gasteiger partial charge in [0.25, 0.3) is 5.91 Å². The van der Waals surface area contributed by atoms with Crippen molar-refractivity contribution in [1.29, 1.82) is 0 Å². The van der Waals surface area contributed by atoms with E-state index in [0.717, 1.165) is 23.8 Å². The molecule has 0 saturated heterocycles. The number of thioether (sulfide) groups is 1. The second-order valence-corrected chi connectivity index (χ2v) is 6.74. The lowest BCUT2D eigenvalue weighted by atomic mass is 10.1. The zero-order valence-electron chi connectivity index (χ0n) is 15.3. The Kier molecular flexibility index (Phi) is 8.55. The molecule has 2 aromatic carbocycles. The summed E-state index contributed by atoms with van der Waals surface area (Å²) in [6.07, 6.45) is 0. The van der Waals surface area contributed by atoms with Gasteiger partial charge in [-0.2, -0.15) is 0 Å². The van der Waals surface area contributed by atoms with Crippen LogP contribution in [0.5, 0.6) is 0 Å². The quantitative estimate of drug-likeness (QED) is 0.289. The molecule has 0 bridgehead atoms. The zero-order chi connectivity index (χ0) is 18.6. The molecule has 3 N–H and O–H groups in total. The maximum atomic E-state index is 11.8. The molecule has 0 atom stereocenters. The fraction of sp³-hybridized carbons (Fsp3) is 0.300. The van der Waals surface area contributed by atoms with Crippen LogP contribution in [-0.2, 0) is 6.54 Å². The molecule has 5 nitrogen and oxygen atoms in total. The van der Waals surface area contributed by atoms with Crippen LogP contribution in [0.3, 0.4) is 0 Å². The van der Waals surface area contributed by atoms with Gasteiger partial charge in [-0.25, -0.2) is 0 Å². The Morgan fingerprint density at radius 3 is 2.38 bits per heavy atom. The maximum Gasteiger partial charge on any atom is 0.251 e. The molecule has 0 unspecified atom stereocenters. The van der Waals surface area contributed by atoms with Crippen LogP contribution in [0.15, 0.2) is 64.5 Å². The van der Waals surface area contributed by atoms with Gasteiger partial charge in [-0.1, -0.05) is 30.3 Å². The lowest BCUT2D eigenvalue weighted by Crippen LogP contribution is -2.37. The Morgan fingerprint density at radius 1 is 1.00 bits per heavy atom. The van der Waals surface area contributed by atoms with Gasteiger partial charge in [-0.3, -0.25) is 9.79 Å². The highest BCUT2D eigenvalue weighted by molar-refractivity contribution is 7.99. The Bertz CT molecular complexity index is 702. The van der Waals surface area contributed by atoms with E-state index in [9.17, 15) is 4.79 Å². The molecule has 26 heavy (non-hydrogen) atoms. The highest BCUT2D eigenvalue weighted by Crippen LogP contribution is 2.15. The number of hydrogen-bond acceptors (Lipinski definition) is 3. The second kappa shape index (κ2) is 11.2. The summed E-state index contributed by atoms with van der Waals surface area (Å²) in [6.45, 7) is 4.02. The van der Waals surface area contributed by atoms with E-state index in [-0.39, 0.29) is 5.91 Å². The van der Waals surface area contributed by atoms with E-state index in [1.165, 1.54) is 4.90 Å². The lowest BCUT2D eigenvalue weighted by molar-refractivity contribution is 0.0956. The topological polar surface area (TPSA) is 65.5 Å². The molecule has 6 heteroatoms. The van der Waals surface area contributed by atoms with Gasteiger partial charge in [0.05, 0.1) is 0 Å². The molecule has 138 valence electrons. The monoisotopic (exact) mass is 370 g/mol. The van der Waals surface area contributed by atoms with Crippen molar-refractivity contribution in [2.24, 2.45) is 4.99 Å². The van der Waals surface area contributed by atoms with Gasteiger partial charge in [0.15, 0.2) is 5.96 Å². The molecular formula is C20H26N4OS. The summed E-state index contributed by atoms with van der Waals surface area (Å²) in [5.41, 5.74) is 1.77. The van der Waals surface area contributed by atoms with Crippen molar-refractivity contribution in [2.45, 2.75) is 18.4 Å². The van der Waals surface area contributed by atoms with Gasteiger partial charge in [0.1, 0.15) is 0 Å². The fourth-order valence-corrected chi connectivity index (χ4v) is 3.09. The van der Waals surface area contributed by atoms with Gasteiger partial charge in [-0.05, 0) is 36.8 Å². The first-order chi connectivity index (χ1) is 12.7. The Labute approximate surface area is 159 Å². The number of benzene rings is 2. The number of aliphatic imine (C=N–C) groups is 1. The number of carbonyl (C=O) groups excluding carboxylic acids is 1. The molecule has 0 heterocycles. The molecule has 0 fully saturated rings. The van der Waals surface area contributed by atoms with Crippen LogP contribution in [0.25, 0.3) is 0 Å². The molecule has 2 rings (SSSR count). The highest BCUT2D eigenvalue weighted by Gasteiger charge is 2.04. The Morgan fingerprint density at radius 2 is 1.73 bits per heavy atom. The molecule has 0 aliphatic rings. The van der Waals surface area contributed by atoms with Gasteiger partial charge < -0.3 is 16.0 Å². The maximum absolute atomic E-state index is 11.8. The van der Waals surface area contributed by atoms with E-state index >= 15 is 0 Å². The van der Waals surface area contributed by atoms with Crippen LogP contribution < -0.4 is 16.0 Å². The molecule has 0 aliphatic heterocycles. The number of guanidine groups is 1. The van der Waals surface area contributed by atoms with Crippen molar-refractivity contribution >= 4 is 23.6 Å². The molecule has 0 aromatic heterocycles. The summed E-state index contributed by atoms with van der Waals surface area (Å²) in [4.78, 5) is 17.3. The van der Waals surface area contributed by atoms with Crippen molar-refractivity contribution in [3.8, 4) is 0 Å². The minimum atomic E-state index is -0.0413. The fourth-order valence-electron chi connectivity index (χ4n) is 2.30. The summed E-state index contributed by atoms with van der Waals surface area (Å²) >= 11 is 1.81. The first-order valence-electron chi connectivity index (χ1n) is 8.72. The molecule has 0 aliphatic carbocycles. The smallest absolute Gasteiger partial charge is 0.251 e. The van der Waals surface area contributed by atoms with Gasteiger partial charge in [0.2, 0.25) is 0 Å². The third kappa shape index (κ3) is 6.80. The second-order valence-electron chi connectivity index (χ2n) is 5.57. The van der Waals surface area contributed by atoms with Gasteiger partial charge in [-0.15, -0.1) is 11.8 Å². The average Bonchev–Trinajstić information content (AvgIpc) is 2.69. The predicted octanol–water partition coefficient (Wildman–Crippen LogP) is 2.89. The minimum absolute atomic E-state index is 0.0413. The number of nitrogens with zero attached hydrogens (tertiary/aromatic N) is 1. The van der Waals surface area contributed by atoms with Crippen molar-refractivity contribution in [2.75, 3.05) is 25.9 Å². The molecule has 1 amide bonds. The molecule has 0 radical (unpaired) electrons. The summed E-state index contributed by atoms with van der Waals surface area (Å²) in [6, 6.07) is 17.9. The Hall–Kier alpha value is -2.47. The van der Waals surface area contributed by atoms with Crippen LogP contribution in [-0.4, -0.2) is 37.8 Å². The van der Waals surface area contributed by atoms with E-state index in [1.54, 1.807) is 7.05 Å². The van der Waals surface area contributed by atoms with Crippen LogP contribution in [0.4, 0.5) is 0 Å². The largest absolute Gasteiger partial charge is 0.356 e. The van der Waals surface area contributed by atoms with E-state index < -0.39 is 0 Å². The van der Waals surface area contributed by atoms with E-state index in [1.807, 2.05) is 61.2 Å². The number of nitrogens with one attached hydrogen (secondary N) is 3. The third-order valence-electron chi connectivity index (χ3n) is 3.64. The van der Waals surface area contributed by atoms with Gasteiger partial charge in [0, 0.05) is 42.9 Å². The summed E-state index contributed by atoms with van der Waals surface area (Å²) in [5.74, 6) is 1.69. The van der Waals surface area contributed by atoms with Crippen LogP contribution in [0.1, 0.15) is 22.8 Å². The summed E-state index contributed by atoms with van der Waals surface area (Å²) < 4.78 is 0. The Balaban J connectivity index is 1.72. The molecular weight excluding hydrogens is 344 g/mol. The van der Waals surface area contributed by atoms with Crippen LogP contribution >= 0.6 is 11.8 Å². The molecule has 2 aromatic rings. The minimum Gasteiger partial charge on any atom is -0.356 e. The SMILES string of the molecule is CCNC(=O)c1ccc(CNC(=NC)NCCSc2ccccc2)cc1. The van der Waals surface area contributed by atoms with Crippen molar-refractivity contribution < 1.29 is 4.79 Å². The van der Waals surface area contributed by atoms with Crippen molar-refractivity contribution in [1.82, 2.24) is 16.0 Å². The van der Waals surface area contributed by atoms with Crippen molar-refractivity contribution in [3.05, 3.63) is 65.7 Å². The van der Waals surface area contributed by atoms with E-state index in [0.29, 0.717) is 18.7 Å². The zero-order valence-corrected chi connectivity index (χ0v) is 16.1. The van der Waals surface area contributed by atoms with Crippen LogP contribution in [0.2, 0.25) is 0 Å². The molecule has 0 saturated carbocycles. The predicted molar refractivity (Wildman–Crippen MR) is 110 cm³/mol. The lowest BCUT2D eigenvalue weighted by Gasteiger charge is -2.12. The third-order valence-corrected chi connectivity index (χ3v) is 4.66. The normalized spacial score (nSPS) is 11.1. The van der Waals surface area contributed by atoms with E-state index in [2.05, 4.69) is 33.1 Å². The number of carbonyl (C=O) groups is 1. The average molecular weight is 371 g/mol. The first-order valence-corrected chi connectivity index (χ1v) is 9.71. The number of amides is 1.